The van der Waals surface area contributed by atoms with Crippen LogP contribution in [0.15, 0.2) is 48.5 Å². The Bertz CT molecular complexity index is 710. The molecule has 132 valence electrons. The predicted octanol–water partition coefficient (Wildman–Crippen LogP) is 3.08. The summed E-state index contributed by atoms with van der Waals surface area (Å²) in [5, 5.41) is 11.8. The molecule has 2 rings (SSSR count). The summed E-state index contributed by atoms with van der Waals surface area (Å²) in [6, 6.07) is 14.5. The molecule has 1 amide bonds. The first-order chi connectivity index (χ1) is 12.1. The molecule has 5 heteroatoms. The van der Waals surface area contributed by atoms with E-state index in [9.17, 15) is 9.59 Å². The Morgan fingerprint density at radius 3 is 2.48 bits per heavy atom. The van der Waals surface area contributed by atoms with Crippen molar-refractivity contribution in [2.75, 3.05) is 13.2 Å². The zero-order chi connectivity index (χ0) is 18.1. The highest BCUT2D eigenvalue weighted by Crippen LogP contribution is 2.13. The van der Waals surface area contributed by atoms with E-state index >= 15 is 0 Å². The van der Waals surface area contributed by atoms with Crippen LogP contribution in [0.25, 0.3) is 0 Å². The minimum atomic E-state index is -0.943. The van der Waals surface area contributed by atoms with Crippen molar-refractivity contribution in [2.45, 2.75) is 26.2 Å². The van der Waals surface area contributed by atoms with E-state index < -0.39 is 5.97 Å². The van der Waals surface area contributed by atoms with Crippen LogP contribution in [0.3, 0.4) is 0 Å². The molecule has 2 aromatic rings. The highest BCUT2D eigenvalue weighted by molar-refractivity contribution is 5.87. The zero-order valence-corrected chi connectivity index (χ0v) is 14.3. The standard InChI is InChI=1S/C20H23NO4/c1-2-25-18-9-6-15(7-10-18)8-11-19(22)21-13-12-16-4-3-5-17(14-16)20(23)24/h3-7,9-10,14H,2,8,11-13H2,1H3,(H,21,22)(H,23,24). The first-order valence-electron chi connectivity index (χ1n) is 8.39. The van der Waals surface area contributed by atoms with Crippen molar-refractivity contribution in [3.63, 3.8) is 0 Å². The van der Waals surface area contributed by atoms with Crippen LogP contribution >= 0.6 is 0 Å². The first kappa shape index (κ1) is 18.5. The molecule has 2 N–H and O–H groups in total. The highest BCUT2D eigenvalue weighted by atomic mass is 16.5. The van der Waals surface area contributed by atoms with E-state index in [1.54, 1.807) is 18.2 Å². The normalized spacial score (nSPS) is 10.3. The Hall–Kier alpha value is -2.82. The van der Waals surface area contributed by atoms with E-state index in [2.05, 4.69) is 5.32 Å². The Morgan fingerprint density at radius 2 is 1.80 bits per heavy atom. The van der Waals surface area contributed by atoms with Crippen LogP contribution in [0, 0.1) is 0 Å². The van der Waals surface area contributed by atoms with Gasteiger partial charge >= 0.3 is 5.97 Å². The lowest BCUT2D eigenvalue weighted by Gasteiger charge is -2.07. The average molecular weight is 341 g/mol. The number of carboxylic acids is 1. The van der Waals surface area contributed by atoms with Crippen LogP contribution < -0.4 is 10.1 Å². The van der Waals surface area contributed by atoms with Crippen molar-refractivity contribution in [2.24, 2.45) is 0 Å². The van der Waals surface area contributed by atoms with Gasteiger partial charge < -0.3 is 15.2 Å². The topological polar surface area (TPSA) is 75.6 Å². The number of carbonyl (C=O) groups is 2. The summed E-state index contributed by atoms with van der Waals surface area (Å²) in [7, 11) is 0. The molecule has 0 aliphatic heterocycles. The second-order valence-corrected chi connectivity index (χ2v) is 5.68. The summed E-state index contributed by atoms with van der Waals surface area (Å²) in [6.07, 6.45) is 1.70. The SMILES string of the molecule is CCOc1ccc(CCC(=O)NCCc2cccc(C(=O)O)c2)cc1. The third-order valence-corrected chi connectivity index (χ3v) is 3.78. The van der Waals surface area contributed by atoms with Crippen LogP contribution in [-0.4, -0.2) is 30.1 Å². The number of carbonyl (C=O) groups excluding carboxylic acids is 1. The monoisotopic (exact) mass is 341 g/mol. The smallest absolute Gasteiger partial charge is 0.335 e. The van der Waals surface area contributed by atoms with Gasteiger partial charge in [0.1, 0.15) is 5.75 Å². The Morgan fingerprint density at radius 1 is 1.04 bits per heavy atom. The maximum absolute atomic E-state index is 11.9. The van der Waals surface area contributed by atoms with Crippen molar-refractivity contribution in [1.29, 1.82) is 0 Å². The van der Waals surface area contributed by atoms with Gasteiger partial charge in [-0.2, -0.15) is 0 Å². The molecule has 0 unspecified atom stereocenters. The van der Waals surface area contributed by atoms with E-state index in [1.807, 2.05) is 37.3 Å². The molecular formula is C20H23NO4. The molecule has 0 bridgehead atoms. The zero-order valence-electron chi connectivity index (χ0n) is 14.3. The van der Waals surface area contributed by atoms with Crippen molar-refractivity contribution < 1.29 is 19.4 Å². The van der Waals surface area contributed by atoms with Crippen LogP contribution in [0.2, 0.25) is 0 Å². The predicted molar refractivity (Wildman–Crippen MR) is 96.0 cm³/mol. The number of hydrogen-bond donors (Lipinski definition) is 2. The highest BCUT2D eigenvalue weighted by Gasteiger charge is 2.05. The number of aromatic carboxylic acids is 1. The molecule has 0 fully saturated rings. The molecule has 0 heterocycles. The summed E-state index contributed by atoms with van der Waals surface area (Å²) in [5.41, 5.74) is 2.25. The summed E-state index contributed by atoms with van der Waals surface area (Å²) in [4.78, 5) is 22.9. The summed E-state index contributed by atoms with van der Waals surface area (Å²) >= 11 is 0. The van der Waals surface area contributed by atoms with Crippen molar-refractivity contribution in [3.05, 3.63) is 65.2 Å². The molecule has 5 nitrogen and oxygen atoms in total. The molecule has 2 aromatic carbocycles. The molecule has 25 heavy (non-hydrogen) atoms. The summed E-state index contributed by atoms with van der Waals surface area (Å²) in [6.45, 7) is 3.07. The van der Waals surface area contributed by atoms with Crippen molar-refractivity contribution in [1.82, 2.24) is 5.32 Å². The molecule has 0 aromatic heterocycles. The van der Waals surface area contributed by atoms with E-state index in [0.29, 0.717) is 32.4 Å². The van der Waals surface area contributed by atoms with Crippen molar-refractivity contribution >= 4 is 11.9 Å². The Labute approximate surface area is 147 Å². The lowest BCUT2D eigenvalue weighted by atomic mass is 10.1. The van der Waals surface area contributed by atoms with Gasteiger partial charge in [0.2, 0.25) is 5.91 Å². The summed E-state index contributed by atoms with van der Waals surface area (Å²) in [5.74, 6) is -0.121. The number of hydrogen-bond acceptors (Lipinski definition) is 3. The van der Waals surface area contributed by atoms with Gasteiger partial charge in [-0.25, -0.2) is 4.79 Å². The number of carboxylic acid groups (broad SMARTS) is 1. The number of aryl methyl sites for hydroxylation is 1. The number of ether oxygens (including phenoxy) is 1. The van der Waals surface area contributed by atoms with Crippen molar-refractivity contribution in [3.8, 4) is 5.75 Å². The van der Waals surface area contributed by atoms with Gasteiger partial charge in [0.25, 0.3) is 0 Å². The Kier molecular flexibility index (Phi) is 7.01. The molecular weight excluding hydrogens is 318 g/mol. The minimum Gasteiger partial charge on any atom is -0.494 e. The minimum absolute atomic E-state index is 0.0109. The van der Waals surface area contributed by atoms with E-state index in [4.69, 9.17) is 9.84 Å². The molecule has 0 radical (unpaired) electrons. The van der Waals surface area contributed by atoms with Gasteiger partial charge in [-0.3, -0.25) is 4.79 Å². The fraction of sp³-hybridized carbons (Fsp3) is 0.300. The van der Waals surface area contributed by atoms with E-state index in [0.717, 1.165) is 16.9 Å². The first-order valence-corrected chi connectivity index (χ1v) is 8.39. The van der Waals surface area contributed by atoms with E-state index in [-0.39, 0.29) is 11.5 Å². The van der Waals surface area contributed by atoms with Gasteiger partial charge in [-0.15, -0.1) is 0 Å². The van der Waals surface area contributed by atoms with Gasteiger partial charge in [0.05, 0.1) is 12.2 Å². The Balaban J connectivity index is 1.72. The third kappa shape index (κ3) is 6.30. The number of amides is 1. The van der Waals surface area contributed by atoms with E-state index in [1.165, 1.54) is 0 Å². The van der Waals surface area contributed by atoms with Crippen LogP contribution in [-0.2, 0) is 17.6 Å². The van der Waals surface area contributed by atoms with Gasteiger partial charge in [-0.05, 0) is 55.2 Å². The fourth-order valence-corrected chi connectivity index (χ4v) is 2.47. The van der Waals surface area contributed by atoms with Crippen LogP contribution in [0.5, 0.6) is 5.75 Å². The van der Waals surface area contributed by atoms with Gasteiger partial charge in [0.15, 0.2) is 0 Å². The fourth-order valence-electron chi connectivity index (χ4n) is 2.47. The molecule has 0 spiro atoms. The largest absolute Gasteiger partial charge is 0.494 e. The second-order valence-electron chi connectivity index (χ2n) is 5.68. The lowest BCUT2D eigenvalue weighted by Crippen LogP contribution is -2.25. The molecule has 0 atom stereocenters. The number of nitrogens with one attached hydrogen (secondary N) is 1. The number of rotatable bonds is 9. The molecule has 0 saturated heterocycles. The van der Waals surface area contributed by atoms with Gasteiger partial charge in [0, 0.05) is 13.0 Å². The molecule has 0 saturated carbocycles. The summed E-state index contributed by atoms with van der Waals surface area (Å²) < 4.78 is 5.39. The van der Waals surface area contributed by atoms with Crippen LogP contribution in [0.4, 0.5) is 0 Å². The van der Waals surface area contributed by atoms with Gasteiger partial charge in [-0.1, -0.05) is 24.3 Å². The quantitative estimate of drug-likeness (QED) is 0.735. The molecule has 0 aliphatic carbocycles. The molecule has 0 aliphatic rings. The average Bonchev–Trinajstić information content (AvgIpc) is 2.61. The third-order valence-electron chi connectivity index (χ3n) is 3.78. The van der Waals surface area contributed by atoms with Crippen LogP contribution in [0.1, 0.15) is 34.8 Å². The lowest BCUT2D eigenvalue weighted by molar-refractivity contribution is -0.121. The maximum atomic E-state index is 11.9. The maximum Gasteiger partial charge on any atom is 0.335 e. The number of benzene rings is 2. The second kappa shape index (κ2) is 9.47.